The molecule has 0 aliphatic carbocycles. The molecule has 0 spiro atoms. The number of nitrogens with zero attached hydrogens (tertiary/aromatic N) is 4. The van der Waals surface area contributed by atoms with Gasteiger partial charge in [-0.3, -0.25) is 14.6 Å². The Morgan fingerprint density at radius 3 is 2.45 bits per heavy atom. The van der Waals surface area contributed by atoms with Gasteiger partial charge in [-0.15, -0.1) is 0 Å². The summed E-state index contributed by atoms with van der Waals surface area (Å²) in [5, 5.41) is 5.93. The maximum Gasteiger partial charge on any atom is 0.274 e. The van der Waals surface area contributed by atoms with Crippen molar-refractivity contribution >= 4 is 38.9 Å². The third-order valence-corrected chi connectivity index (χ3v) is 8.09. The average Bonchev–Trinajstić information content (AvgIpc) is 3.44. The van der Waals surface area contributed by atoms with Crippen molar-refractivity contribution in [3.05, 3.63) is 54.1 Å². The first-order chi connectivity index (χ1) is 15.8. The molecular weight excluding hydrogens is 442 g/mol. The number of carbonyl (C=O) groups is 2. The molecule has 0 saturated carbocycles. The molecule has 4 rings (SSSR count). The van der Waals surface area contributed by atoms with Crippen molar-refractivity contribution < 1.29 is 18.0 Å². The highest BCUT2D eigenvalue weighted by molar-refractivity contribution is 7.89. The summed E-state index contributed by atoms with van der Waals surface area (Å²) in [6, 6.07) is 13.2. The van der Waals surface area contributed by atoms with Gasteiger partial charge < -0.3 is 10.6 Å². The van der Waals surface area contributed by atoms with Gasteiger partial charge in [-0.25, -0.2) is 8.42 Å². The summed E-state index contributed by atoms with van der Waals surface area (Å²) < 4.78 is 27.1. The first kappa shape index (κ1) is 22.9. The Hall–Kier alpha value is -3.24. The fourth-order valence-electron chi connectivity index (χ4n) is 4.30. The van der Waals surface area contributed by atoms with Crippen LogP contribution in [-0.4, -0.2) is 55.9 Å². The molecule has 0 bridgehead atoms. The van der Waals surface area contributed by atoms with Gasteiger partial charge in [0.05, 0.1) is 10.6 Å². The Labute approximate surface area is 193 Å². The van der Waals surface area contributed by atoms with E-state index in [4.69, 9.17) is 5.73 Å². The SMILES string of the molecule is CCN(CC)S(=O)(=O)c1ccc2c(c1)CCN2C(=O)C1=NN(c2ccccc2)C(C(N)=O)C1. The molecule has 174 valence electrons. The summed E-state index contributed by atoms with van der Waals surface area (Å²) in [5.74, 6) is -0.865. The quantitative estimate of drug-likeness (QED) is 0.663. The highest BCUT2D eigenvalue weighted by Gasteiger charge is 2.38. The Morgan fingerprint density at radius 1 is 1.12 bits per heavy atom. The summed E-state index contributed by atoms with van der Waals surface area (Å²) in [5.41, 5.74) is 7.96. The molecule has 0 radical (unpaired) electrons. The molecule has 33 heavy (non-hydrogen) atoms. The zero-order chi connectivity index (χ0) is 23.8. The molecule has 2 aliphatic heterocycles. The van der Waals surface area contributed by atoms with Crippen LogP contribution in [-0.2, 0) is 26.0 Å². The van der Waals surface area contributed by atoms with Crippen LogP contribution >= 0.6 is 0 Å². The van der Waals surface area contributed by atoms with Crippen LogP contribution < -0.4 is 15.6 Å². The summed E-state index contributed by atoms with van der Waals surface area (Å²) in [6.45, 7) is 4.79. The van der Waals surface area contributed by atoms with Crippen molar-refractivity contribution in [1.29, 1.82) is 0 Å². The molecule has 1 atom stereocenters. The van der Waals surface area contributed by atoms with Crippen LogP contribution in [0.3, 0.4) is 0 Å². The number of sulfonamides is 1. The number of anilines is 2. The maximum atomic E-state index is 13.3. The van der Waals surface area contributed by atoms with Gasteiger partial charge in [0.1, 0.15) is 11.8 Å². The van der Waals surface area contributed by atoms with E-state index in [1.165, 1.54) is 15.4 Å². The van der Waals surface area contributed by atoms with Crippen LogP contribution in [0.25, 0.3) is 0 Å². The lowest BCUT2D eigenvalue weighted by atomic mass is 10.1. The third-order valence-electron chi connectivity index (χ3n) is 6.04. The van der Waals surface area contributed by atoms with Gasteiger partial charge in [0.25, 0.3) is 5.91 Å². The van der Waals surface area contributed by atoms with E-state index in [-0.39, 0.29) is 22.9 Å². The number of carbonyl (C=O) groups excluding carboxylic acids is 2. The Kier molecular flexibility index (Phi) is 6.22. The molecule has 2 N–H and O–H groups in total. The summed E-state index contributed by atoms with van der Waals surface area (Å²) in [6.07, 6.45) is 0.654. The lowest BCUT2D eigenvalue weighted by Gasteiger charge is -2.20. The molecule has 0 saturated heterocycles. The number of nitrogens with two attached hydrogens (primary N) is 1. The number of hydrogen-bond acceptors (Lipinski definition) is 6. The Morgan fingerprint density at radius 2 is 1.82 bits per heavy atom. The van der Waals surface area contributed by atoms with E-state index in [1.807, 2.05) is 18.2 Å². The minimum absolute atomic E-state index is 0.114. The summed E-state index contributed by atoms with van der Waals surface area (Å²) in [4.78, 5) is 27.2. The normalized spacial score (nSPS) is 17.9. The molecule has 10 heteroatoms. The van der Waals surface area contributed by atoms with Crippen LogP contribution in [0.15, 0.2) is 58.5 Å². The number of amides is 2. The van der Waals surface area contributed by atoms with Crippen LogP contribution in [0, 0.1) is 0 Å². The third kappa shape index (κ3) is 4.11. The van der Waals surface area contributed by atoms with Gasteiger partial charge in [-0.2, -0.15) is 9.41 Å². The number of primary amides is 1. The molecule has 0 fully saturated rings. The molecule has 0 aromatic heterocycles. The number of fused-ring (bicyclic) bond motifs is 1. The second-order valence-corrected chi connectivity index (χ2v) is 9.87. The van der Waals surface area contributed by atoms with Gasteiger partial charge in [-0.1, -0.05) is 32.0 Å². The van der Waals surface area contributed by atoms with Crippen molar-refractivity contribution in [2.45, 2.75) is 37.6 Å². The van der Waals surface area contributed by atoms with E-state index >= 15 is 0 Å². The van der Waals surface area contributed by atoms with E-state index in [0.717, 1.165) is 5.56 Å². The predicted molar refractivity (Wildman–Crippen MR) is 127 cm³/mol. The molecule has 9 nitrogen and oxygen atoms in total. The molecular formula is C23H27N5O4S. The molecule has 2 heterocycles. The lowest BCUT2D eigenvalue weighted by Crippen LogP contribution is -2.40. The maximum absolute atomic E-state index is 13.3. The second-order valence-electron chi connectivity index (χ2n) is 7.94. The molecule has 2 amide bonds. The zero-order valence-corrected chi connectivity index (χ0v) is 19.5. The fraction of sp³-hybridized carbons (Fsp3) is 0.348. The van der Waals surface area contributed by atoms with E-state index in [9.17, 15) is 18.0 Å². The molecule has 2 aromatic rings. The monoisotopic (exact) mass is 469 g/mol. The zero-order valence-electron chi connectivity index (χ0n) is 18.6. The minimum Gasteiger partial charge on any atom is -0.368 e. The van der Waals surface area contributed by atoms with E-state index < -0.39 is 22.0 Å². The van der Waals surface area contributed by atoms with Crippen molar-refractivity contribution in [2.24, 2.45) is 10.8 Å². The minimum atomic E-state index is -3.58. The second kappa shape index (κ2) is 8.95. The summed E-state index contributed by atoms with van der Waals surface area (Å²) in [7, 11) is -3.58. The van der Waals surface area contributed by atoms with Crippen molar-refractivity contribution in [3.63, 3.8) is 0 Å². The van der Waals surface area contributed by atoms with Gasteiger partial charge in [-0.05, 0) is 42.3 Å². The average molecular weight is 470 g/mol. The number of rotatable bonds is 7. The summed E-state index contributed by atoms with van der Waals surface area (Å²) >= 11 is 0. The number of hydrogen-bond donors (Lipinski definition) is 1. The van der Waals surface area contributed by atoms with Crippen molar-refractivity contribution in [2.75, 3.05) is 29.5 Å². The number of hydrazone groups is 1. The highest BCUT2D eigenvalue weighted by atomic mass is 32.2. The first-order valence-electron chi connectivity index (χ1n) is 10.9. The van der Waals surface area contributed by atoms with E-state index in [1.54, 1.807) is 43.0 Å². The van der Waals surface area contributed by atoms with Crippen LogP contribution in [0.5, 0.6) is 0 Å². The molecule has 1 unspecified atom stereocenters. The number of benzene rings is 2. The van der Waals surface area contributed by atoms with E-state index in [0.29, 0.717) is 37.4 Å². The van der Waals surface area contributed by atoms with Gasteiger partial charge in [0.15, 0.2) is 0 Å². The van der Waals surface area contributed by atoms with Crippen LogP contribution in [0.2, 0.25) is 0 Å². The van der Waals surface area contributed by atoms with Gasteiger partial charge in [0, 0.05) is 31.7 Å². The highest BCUT2D eigenvalue weighted by Crippen LogP contribution is 2.33. The van der Waals surface area contributed by atoms with Crippen molar-refractivity contribution in [1.82, 2.24) is 4.31 Å². The van der Waals surface area contributed by atoms with Crippen molar-refractivity contribution in [3.8, 4) is 0 Å². The van der Waals surface area contributed by atoms with Gasteiger partial charge >= 0.3 is 0 Å². The standard InChI is InChI=1S/C23H27N5O4S/c1-3-26(4-2)33(31,32)18-10-11-20-16(14-18)12-13-27(20)23(30)19-15-21(22(24)29)28(25-19)17-8-6-5-7-9-17/h5-11,14,21H,3-4,12-13,15H2,1-2H3,(H2,24,29). The largest absolute Gasteiger partial charge is 0.368 e. The van der Waals surface area contributed by atoms with E-state index in [2.05, 4.69) is 5.10 Å². The smallest absolute Gasteiger partial charge is 0.274 e. The Balaban J connectivity index is 1.61. The topological polar surface area (TPSA) is 116 Å². The van der Waals surface area contributed by atoms with Crippen LogP contribution in [0.1, 0.15) is 25.8 Å². The molecule has 2 aliphatic rings. The van der Waals surface area contributed by atoms with Gasteiger partial charge in [0.2, 0.25) is 15.9 Å². The van der Waals surface area contributed by atoms with Crippen LogP contribution in [0.4, 0.5) is 11.4 Å². The Bertz CT molecular complexity index is 1210. The first-order valence-corrected chi connectivity index (χ1v) is 12.4. The lowest BCUT2D eigenvalue weighted by molar-refractivity contribution is -0.119. The fourth-order valence-corrected chi connectivity index (χ4v) is 5.81. The predicted octanol–water partition coefficient (Wildman–Crippen LogP) is 1.73. The number of para-hydroxylation sites is 1. The molecule has 2 aromatic carbocycles.